The van der Waals surface area contributed by atoms with Gasteiger partial charge in [-0.15, -0.1) is 0 Å². The molecule has 0 spiro atoms. The standard InChI is InChI=1S/C30H22N2O5S/c1-30(20-6-3-2-4-7-20,21-10-14-23(33)15-11-21)22-12-16-24(17-13-22)37-38(35,36)28-9-5-8-26-25(28)18-19-27(32-31)29(26)34/h2-19,33H,1H3. The number of fused-ring (bicyclic) bond motifs is 1. The zero-order chi connectivity index (χ0) is 26.9. The summed E-state index contributed by atoms with van der Waals surface area (Å²) < 4.78 is 31.9. The fraction of sp³-hybridized carbons (Fsp3) is 0.0667. The number of allylic oxidation sites excluding steroid dienone is 1. The van der Waals surface area contributed by atoms with Gasteiger partial charge in [0.2, 0.25) is 0 Å². The van der Waals surface area contributed by atoms with Crippen LogP contribution in [0.4, 0.5) is 0 Å². The summed E-state index contributed by atoms with van der Waals surface area (Å²) in [6.45, 7) is 2.06. The van der Waals surface area contributed by atoms with Gasteiger partial charge in [-0.1, -0.05) is 66.7 Å². The van der Waals surface area contributed by atoms with E-state index < -0.39 is 21.3 Å². The molecule has 0 heterocycles. The van der Waals surface area contributed by atoms with Crippen molar-refractivity contribution in [2.45, 2.75) is 17.2 Å². The lowest BCUT2D eigenvalue weighted by Gasteiger charge is -2.32. The largest absolute Gasteiger partial charge is 0.508 e. The minimum Gasteiger partial charge on any atom is -0.508 e. The van der Waals surface area contributed by atoms with Crippen molar-refractivity contribution in [2.24, 2.45) is 0 Å². The van der Waals surface area contributed by atoms with Crippen LogP contribution in [0, 0.1) is 0 Å². The van der Waals surface area contributed by atoms with Gasteiger partial charge in [-0.25, -0.2) is 0 Å². The monoisotopic (exact) mass is 522 g/mol. The van der Waals surface area contributed by atoms with Crippen molar-refractivity contribution in [2.75, 3.05) is 0 Å². The quantitative estimate of drug-likeness (QED) is 0.158. The maximum absolute atomic E-state index is 13.2. The van der Waals surface area contributed by atoms with Gasteiger partial charge in [0, 0.05) is 22.6 Å². The zero-order valence-corrected chi connectivity index (χ0v) is 21.1. The molecule has 4 aromatic carbocycles. The molecule has 0 amide bonds. The van der Waals surface area contributed by atoms with E-state index in [0.29, 0.717) is 0 Å². The van der Waals surface area contributed by atoms with Crippen molar-refractivity contribution in [1.29, 1.82) is 0 Å². The minimum absolute atomic E-state index is 0.104. The van der Waals surface area contributed by atoms with E-state index in [1.54, 1.807) is 36.4 Å². The highest BCUT2D eigenvalue weighted by atomic mass is 32.2. The van der Waals surface area contributed by atoms with Crippen molar-refractivity contribution >= 4 is 27.7 Å². The molecular formula is C30H22N2O5S. The third kappa shape index (κ3) is 4.32. The Kier molecular flexibility index (Phi) is 6.28. The number of Topliss-reactive ketones (excluding diaryl/α,β-unsaturated/α-hetero) is 1. The van der Waals surface area contributed by atoms with Crippen LogP contribution in [-0.2, 0) is 15.5 Å². The van der Waals surface area contributed by atoms with Crippen LogP contribution in [0.5, 0.6) is 11.5 Å². The van der Waals surface area contributed by atoms with Crippen molar-refractivity contribution in [3.8, 4) is 11.5 Å². The number of rotatable bonds is 6. The molecule has 0 aliphatic heterocycles. The van der Waals surface area contributed by atoms with E-state index in [4.69, 9.17) is 9.71 Å². The van der Waals surface area contributed by atoms with Crippen LogP contribution >= 0.6 is 0 Å². The van der Waals surface area contributed by atoms with Gasteiger partial charge in [0.1, 0.15) is 16.4 Å². The van der Waals surface area contributed by atoms with Gasteiger partial charge in [0.05, 0.1) is 0 Å². The second kappa shape index (κ2) is 9.59. The Morgan fingerprint density at radius 3 is 2.03 bits per heavy atom. The normalized spacial score (nSPS) is 14.3. The molecule has 1 unspecified atom stereocenters. The average Bonchev–Trinajstić information content (AvgIpc) is 2.94. The van der Waals surface area contributed by atoms with Crippen LogP contribution < -0.4 is 4.18 Å². The van der Waals surface area contributed by atoms with Gasteiger partial charge >= 0.3 is 15.8 Å². The number of hydrogen-bond donors (Lipinski definition) is 1. The second-order valence-corrected chi connectivity index (χ2v) is 10.5. The molecule has 5 rings (SSSR count). The number of ketones is 1. The van der Waals surface area contributed by atoms with Crippen LogP contribution in [-0.4, -0.2) is 29.8 Å². The van der Waals surface area contributed by atoms with Crippen LogP contribution in [0.15, 0.2) is 108 Å². The van der Waals surface area contributed by atoms with Crippen LogP contribution in [0.1, 0.15) is 39.5 Å². The molecule has 1 atom stereocenters. The van der Waals surface area contributed by atoms with Crippen molar-refractivity contribution in [1.82, 2.24) is 0 Å². The van der Waals surface area contributed by atoms with Crippen molar-refractivity contribution in [3.05, 3.63) is 136 Å². The Hall–Kier alpha value is -4.78. The molecular weight excluding hydrogens is 500 g/mol. The Morgan fingerprint density at radius 2 is 1.39 bits per heavy atom. The minimum atomic E-state index is -4.29. The Morgan fingerprint density at radius 1 is 0.789 bits per heavy atom. The molecule has 0 fully saturated rings. The van der Waals surface area contributed by atoms with E-state index in [1.807, 2.05) is 42.5 Å². The topological polar surface area (TPSA) is 117 Å². The summed E-state index contributed by atoms with van der Waals surface area (Å²) in [5.41, 5.74) is 11.4. The SMILES string of the molecule is CC(c1ccccc1)(c1ccc(O)cc1)c1ccc(OS(=O)(=O)c2cccc3c2C=CC(=[N+]=[N-])C3=O)cc1. The first kappa shape index (κ1) is 24.9. The second-order valence-electron chi connectivity index (χ2n) is 8.96. The third-order valence-corrected chi connectivity index (χ3v) is 8.07. The summed E-state index contributed by atoms with van der Waals surface area (Å²) >= 11 is 0. The lowest BCUT2D eigenvalue weighted by Crippen LogP contribution is -2.25. The van der Waals surface area contributed by atoms with Gasteiger partial charge in [0.25, 0.3) is 5.78 Å². The molecule has 8 heteroatoms. The van der Waals surface area contributed by atoms with Gasteiger partial charge < -0.3 is 14.8 Å². The van der Waals surface area contributed by atoms with E-state index in [-0.39, 0.29) is 33.2 Å². The van der Waals surface area contributed by atoms with E-state index in [0.717, 1.165) is 16.7 Å². The van der Waals surface area contributed by atoms with Gasteiger partial charge in [-0.2, -0.15) is 13.2 Å². The molecule has 38 heavy (non-hydrogen) atoms. The maximum Gasteiger partial charge on any atom is 0.362 e. The fourth-order valence-electron chi connectivity index (χ4n) is 4.67. The Bertz CT molecular complexity index is 1720. The summed E-state index contributed by atoms with van der Waals surface area (Å²) in [5.74, 6) is -0.311. The highest BCUT2D eigenvalue weighted by molar-refractivity contribution is 7.87. The first-order valence-corrected chi connectivity index (χ1v) is 13.1. The Labute approximate surface area is 220 Å². The van der Waals surface area contributed by atoms with Crippen LogP contribution in [0.3, 0.4) is 0 Å². The molecule has 4 aromatic rings. The number of carbonyl (C=O) groups is 1. The van der Waals surface area contributed by atoms with E-state index in [1.165, 1.54) is 30.4 Å². The first-order chi connectivity index (χ1) is 18.2. The molecule has 1 N–H and O–H groups in total. The molecule has 0 saturated carbocycles. The summed E-state index contributed by atoms with van der Waals surface area (Å²) in [5, 5.41) is 9.80. The summed E-state index contributed by atoms with van der Waals surface area (Å²) in [6.07, 6.45) is 2.67. The van der Waals surface area contributed by atoms with Crippen LogP contribution in [0.2, 0.25) is 0 Å². The summed E-state index contributed by atoms with van der Waals surface area (Å²) in [6, 6.07) is 27.9. The van der Waals surface area contributed by atoms with Gasteiger partial charge in [-0.05, 0) is 60.0 Å². The molecule has 0 radical (unpaired) electrons. The number of phenols is 1. The van der Waals surface area contributed by atoms with E-state index in [9.17, 15) is 18.3 Å². The first-order valence-electron chi connectivity index (χ1n) is 11.7. The maximum atomic E-state index is 13.2. The smallest absolute Gasteiger partial charge is 0.362 e. The lowest BCUT2D eigenvalue weighted by molar-refractivity contribution is -0.00436. The molecule has 1 aliphatic rings. The van der Waals surface area contributed by atoms with Crippen molar-refractivity contribution < 1.29 is 27.3 Å². The fourth-order valence-corrected chi connectivity index (χ4v) is 5.82. The zero-order valence-electron chi connectivity index (χ0n) is 20.3. The highest BCUT2D eigenvalue weighted by Gasteiger charge is 2.33. The molecule has 0 bridgehead atoms. The number of aromatic hydroxyl groups is 1. The predicted molar refractivity (Wildman–Crippen MR) is 143 cm³/mol. The number of nitrogens with zero attached hydrogens (tertiary/aromatic N) is 2. The number of phenolic OH excluding ortho intramolecular Hbond substituents is 1. The van der Waals surface area contributed by atoms with Crippen LogP contribution in [0.25, 0.3) is 11.6 Å². The predicted octanol–water partition coefficient (Wildman–Crippen LogP) is 5.39. The molecule has 1 aliphatic carbocycles. The summed E-state index contributed by atoms with van der Waals surface area (Å²) in [4.78, 5) is 15.3. The molecule has 188 valence electrons. The molecule has 0 saturated heterocycles. The number of carbonyl (C=O) groups excluding carboxylic acids is 1. The average molecular weight is 523 g/mol. The number of benzene rings is 4. The van der Waals surface area contributed by atoms with Crippen molar-refractivity contribution in [3.63, 3.8) is 0 Å². The highest BCUT2D eigenvalue weighted by Crippen LogP contribution is 2.40. The number of hydrogen-bond acceptors (Lipinski definition) is 5. The van der Waals surface area contributed by atoms with E-state index in [2.05, 4.69) is 11.7 Å². The molecule has 7 nitrogen and oxygen atoms in total. The molecule has 0 aromatic heterocycles. The van der Waals surface area contributed by atoms with Gasteiger partial charge in [0.15, 0.2) is 0 Å². The van der Waals surface area contributed by atoms with E-state index >= 15 is 0 Å². The lowest BCUT2D eigenvalue weighted by atomic mass is 9.71. The summed E-state index contributed by atoms with van der Waals surface area (Å²) in [7, 11) is -4.29. The third-order valence-electron chi connectivity index (χ3n) is 6.76. The van der Waals surface area contributed by atoms with Gasteiger partial charge in [-0.3, -0.25) is 4.79 Å². The Balaban J connectivity index is 1.50.